The minimum Gasteiger partial charge on any atom is -0.444 e. The average Bonchev–Trinajstić information content (AvgIpc) is 2.42. The predicted octanol–water partition coefficient (Wildman–Crippen LogP) is 4.68. The van der Waals surface area contributed by atoms with E-state index in [4.69, 9.17) is 16.3 Å². The van der Waals surface area contributed by atoms with Gasteiger partial charge in [-0.3, -0.25) is 4.90 Å². The number of halogens is 3. The molecule has 0 spiro atoms. The third-order valence-corrected chi connectivity index (χ3v) is 5.02. The van der Waals surface area contributed by atoms with Gasteiger partial charge in [0.05, 0.1) is 5.02 Å². The maximum Gasteiger partial charge on any atom is 0.410 e. The van der Waals surface area contributed by atoms with Gasteiger partial charge in [0.2, 0.25) is 0 Å². The molecule has 0 bridgehead atoms. The van der Waals surface area contributed by atoms with E-state index in [0.29, 0.717) is 41.2 Å². The maximum absolute atomic E-state index is 14.1. The third-order valence-electron chi connectivity index (χ3n) is 3.82. The van der Waals surface area contributed by atoms with Crippen molar-refractivity contribution in [3.63, 3.8) is 0 Å². The lowest BCUT2D eigenvalue weighted by Gasteiger charge is -2.40. The highest BCUT2D eigenvalue weighted by Crippen LogP contribution is 2.27. The standard InChI is InChI=1S/C17H23BrClFN2O2/c1-11-9-21(5-6-22(11)16(23)24-17(2,3)4)10-12-7-14(19)13(18)8-15(12)20/h7-8,11H,5-6,9-10H2,1-4H3/t11-/m1/s1. The van der Waals surface area contributed by atoms with Gasteiger partial charge >= 0.3 is 6.09 Å². The quantitative estimate of drug-likeness (QED) is 0.650. The number of amides is 1. The van der Waals surface area contributed by atoms with E-state index >= 15 is 0 Å². The first-order valence-electron chi connectivity index (χ1n) is 7.92. The summed E-state index contributed by atoms with van der Waals surface area (Å²) in [5.74, 6) is -0.284. The molecule has 24 heavy (non-hydrogen) atoms. The highest BCUT2D eigenvalue weighted by molar-refractivity contribution is 9.10. The number of ether oxygens (including phenoxy) is 1. The van der Waals surface area contributed by atoms with Crippen molar-refractivity contribution in [3.8, 4) is 0 Å². The molecule has 0 aromatic heterocycles. The Balaban J connectivity index is 1.98. The lowest BCUT2D eigenvalue weighted by molar-refractivity contribution is 0.000441. The third kappa shape index (κ3) is 5.07. The van der Waals surface area contributed by atoms with E-state index in [0.717, 1.165) is 0 Å². The zero-order valence-electron chi connectivity index (χ0n) is 14.4. The van der Waals surface area contributed by atoms with Gasteiger partial charge in [0.1, 0.15) is 11.4 Å². The van der Waals surface area contributed by atoms with Gasteiger partial charge in [-0.25, -0.2) is 9.18 Å². The van der Waals surface area contributed by atoms with Gasteiger partial charge in [0.15, 0.2) is 0 Å². The second-order valence-corrected chi connectivity index (χ2v) is 8.38. The number of rotatable bonds is 2. The summed E-state index contributed by atoms with van der Waals surface area (Å²) in [5.41, 5.74) is 0.0479. The molecule has 0 N–H and O–H groups in total. The summed E-state index contributed by atoms with van der Waals surface area (Å²) < 4.78 is 20.1. The van der Waals surface area contributed by atoms with E-state index in [1.165, 1.54) is 6.07 Å². The van der Waals surface area contributed by atoms with Crippen LogP contribution in [0.15, 0.2) is 16.6 Å². The second-order valence-electron chi connectivity index (χ2n) is 7.12. The van der Waals surface area contributed by atoms with Crippen molar-refractivity contribution in [2.75, 3.05) is 19.6 Å². The van der Waals surface area contributed by atoms with E-state index in [1.54, 1.807) is 11.0 Å². The highest BCUT2D eigenvalue weighted by atomic mass is 79.9. The largest absolute Gasteiger partial charge is 0.444 e. The van der Waals surface area contributed by atoms with Crippen molar-refractivity contribution >= 4 is 33.6 Å². The molecule has 1 atom stereocenters. The summed E-state index contributed by atoms with van der Waals surface area (Å²) in [6.07, 6.45) is -0.299. The van der Waals surface area contributed by atoms with Crippen LogP contribution in [0.1, 0.15) is 33.3 Å². The minimum atomic E-state index is -0.509. The Bertz CT molecular complexity index is 621. The SMILES string of the molecule is C[C@@H]1CN(Cc2cc(Cl)c(Br)cc2F)CCN1C(=O)OC(C)(C)C. The van der Waals surface area contributed by atoms with Crippen molar-refractivity contribution in [3.05, 3.63) is 33.0 Å². The predicted molar refractivity (Wildman–Crippen MR) is 96.8 cm³/mol. The van der Waals surface area contributed by atoms with Crippen LogP contribution in [-0.4, -0.2) is 47.2 Å². The fourth-order valence-electron chi connectivity index (χ4n) is 2.69. The first-order valence-corrected chi connectivity index (χ1v) is 9.09. The Morgan fingerprint density at radius 2 is 2.08 bits per heavy atom. The Morgan fingerprint density at radius 3 is 2.67 bits per heavy atom. The molecule has 0 radical (unpaired) electrons. The molecule has 1 saturated heterocycles. The van der Waals surface area contributed by atoms with Crippen LogP contribution < -0.4 is 0 Å². The van der Waals surface area contributed by atoms with Gasteiger partial charge < -0.3 is 9.64 Å². The molecule has 1 aliphatic rings. The summed E-state index contributed by atoms with van der Waals surface area (Å²) in [7, 11) is 0. The fraction of sp³-hybridized carbons (Fsp3) is 0.588. The van der Waals surface area contributed by atoms with Crippen LogP contribution in [0.3, 0.4) is 0 Å². The Kier molecular flexibility index (Phi) is 6.15. The summed E-state index contributed by atoms with van der Waals surface area (Å²) in [4.78, 5) is 16.1. The van der Waals surface area contributed by atoms with Crippen molar-refractivity contribution < 1.29 is 13.9 Å². The molecule has 4 nitrogen and oxygen atoms in total. The van der Waals surface area contributed by atoms with Crippen molar-refractivity contribution in [1.82, 2.24) is 9.80 Å². The molecule has 7 heteroatoms. The second kappa shape index (κ2) is 7.58. The van der Waals surface area contributed by atoms with Crippen LogP contribution in [0.4, 0.5) is 9.18 Å². The topological polar surface area (TPSA) is 32.8 Å². The molecular formula is C17H23BrClFN2O2. The van der Waals surface area contributed by atoms with Crippen LogP contribution in [-0.2, 0) is 11.3 Å². The Labute approximate surface area is 156 Å². The van der Waals surface area contributed by atoms with Gasteiger partial charge in [0.25, 0.3) is 0 Å². The maximum atomic E-state index is 14.1. The monoisotopic (exact) mass is 420 g/mol. The molecule has 1 heterocycles. The van der Waals surface area contributed by atoms with Crippen molar-refractivity contribution in [2.45, 2.75) is 45.9 Å². The number of carbonyl (C=O) groups excluding carboxylic acids is 1. The molecule has 0 saturated carbocycles. The van der Waals surface area contributed by atoms with Gasteiger partial charge in [-0.15, -0.1) is 0 Å². The zero-order valence-corrected chi connectivity index (χ0v) is 16.7. The molecule has 2 rings (SSSR count). The number of piperazine rings is 1. The molecule has 1 aromatic carbocycles. The summed E-state index contributed by atoms with van der Waals surface area (Å²) in [5, 5.41) is 0.492. The summed E-state index contributed by atoms with van der Waals surface area (Å²) in [6.45, 7) is 9.88. The molecule has 1 aliphatic heterocycles. The number of hydrogen-bond donors (Lipinski definition) is 0. The van der Waals surface area contributed by atoms with Crippen LogP contribution in [0.5, 0.6) is 0 Å². The molecule has 0 aliphatic carbocycles. The van der Waals surface area contributed by atoms with Crippen molar-refractivity contribution in [1.29, 1.82) is 0 Å². The van der Waals surface area contributed by atoms with E-state index < -0.39 is 5.60 Å². The van der Waals surface area contributed by atoms with Gasteiger partial charge in [-0.2, -0.15) is 0 Å². The van der Waals surface area contributed by atoms with E-state index in [1.807, 2.05) is 27.7 Å². The normalized spacial score (nSPS) is 19.5. The minimum absolute atomic E-state index is 0.00239. The first-order chi connectivity index (χ1) is 11.1. The van der Waals surface area contributed by atoms with Gasteiger partial charge in [0, 0.05) is 42.3 Å². The molecule has 1 amide bonds. The molecule has 1 fully saturated rings. The smallest absolute Gasteiger partial charge is 0.410 e. The number of benzene rings is 1. The number of nitrogens with zero attached hydrogens (tertiary/aromatic N) is 2. The van der Waals surface area contributed by atoms with Crippen LogP contribution >= 0.6 is 27.5 Å². The Morgan fingerprint density at radius 1 is 1.42 bits per heavy atom. The molecular weight excluding hydrogens is 399 g/mol. The molecule has 134 valence electrons. The van der Waals surface area contributed by atoms with Crippen LogP contribution in [0, 0.1) is 5.82 Å². The van der Waals surface area contributed by atoms with Gasteiger partial charge in [-0.1, -0.05) is 11.6 Å². The Hall–Kier alpha value is -0.850. The van der Waals surface area contributed by atoms with E-state index in [2.05, 4.69) is 20.8 Å². The van der Waals surface area contributed by atoms with Gasteiger partial charge in [-0.05, 0) is 55.8 Å². The van der Waals surface area contributed by atoms with Crippen molar-refractivity contribution in [2.24, 2.45) is 0 Å². The zero-order chi connectivity index (χ0) is 18.1. The molecule has 0 unspecified atom stereocenters. The average molecular weight is 422 g/mol. The van der Waals surface area contributed by atoms with E-state index in [-0.39, 0.29) is 18.0 Å². The lowest BCUT2D eigenvalue weighted by Crippen LogP contribution is -2.54. The van der Waals surface area contributed by atoms with E-state index in [9.17, 15) is 9.18 Å². The number of hydrogen-bond acceptors (Lipinski definition) is 3. The first kappa shape index (κ1) is 19.5. The molecule has 1 aromatic rings. The highest BCUT2D eigenvalue weighted by Gasteiger charge is 2.31. The summed E-state index contributed by atoms with van der Waals surface area (Å²) in [6, 6.07) is 3.03. The van der Waals surface area contributed by atoms with Crippen LogP contribution in [0.25, 0.3) is 0 Å². The lowest BCUT2D eigenvalue weighted by atomic mass is 10.1. The number of carbonyl (C=O) groups is 1. The van der Waals surface area contributed by atoms with Crippen LogP contribution in [0.2, 0.25) is 5.02 Å². The fourth-order valence-corrected chi connectivity index (χ4v) is 3.20. The summed E-state index contributed by atoms with van der Waals surface area (Å²) >= 11 is 9.28.